The van der Waals surface area contributed by atoms with Gasteiger partial charge in [0.05, 0.1) is 6.04 Å². The normalized spacial score (nSPS) is 11.3. The van der Waals surface area contributed by atoms with Gasteiger partial charge in [-0.1, -0.05) is 41.9 Å². The van der Waals surface area contributed by atoms with Gasteiger partial charge in [0.2, 0.25) is 5.91 Å². The Hall–Kier alpha value is -3.84. The highest BCUT2D eigenvalue weighted by Gasteiger charge is 2.12. The van der Waals surface area contributed by atoms with E-state index in [-0.39, 0.29) is 37.3 Å². The van der Waals surface area contributed by atoms with Crippen LogP contribution in [0.1, 0.15) is 37.8 Å². The number of hydrogen-bond donors (Lipinski definition) is 2. The SMILES string of the molecule is C[C@@H](NC(=O)COC(=O)CCCC(=O)Nc1ccc(Oc2ccc(Cl)cc2)cc1)c1ccccc1. The summed E-state index contributed by atoms with van der Waals surface area (Å²) < 4.78 is 10.7. The van der Waals surface area contributed by atoms with Crippen LogP contribution in [0.2, 0.25) is 5.02 Å². The predicted molar refractivity (Wildman–Crippen MR) is 134 cm³/mol. The maximum Gasteiger partial charge on any atom is 0.306 e. The van der Waals surface area contributed by atoms with Crippen LogP contribution in [0.3, 0.4) is 0 Å². The molecule has 0 bridgehead atoms. The van der Waals surface area contributed by atoms with Crippen LogP contribution in [0, 0.1) is 0 Å². The zero-order valence-electron chi connectivity index (χ0n) is 19.3. The molecule has 0 radical (unpaired) electrons. The summed E-state index contributed by atoms with van der Waals surface area (Å²) >= 11 is 5.86. The van der Waals surface area contributed by atoms with Crippen molar-refractivity contribution in [3.05, 3.63) is 89.4 Å². The average Bonchev–Trinajstić information content (AvgIpc) is 2.86. The lowest BCUT2D eigenvalue weighted by molar-refractivity contribution is -0.148. The van der Waals surface area contributed by atoms with Crippen LogP contribution in [0.4, 0.5) is 5.69 Å². The van der Waals surface area contributed by atoms with Crippen molar-refractivity contribution in [1.82, 2.24) is 5.32 Å². The lowest BCUT2D eigenvalue weighted by Gasteiger charge is -2.14. The number of halogens is 1. The molecule has 0 aliphatic heterocycles. The number of ether oxygens (including phenoxy) is 2. The second-order valence-corrected chi connectivity index (χ2v) is 8.28. The van der Waals surface area contributed by atoms with Gasteiger partial charge >= 0.3 is 5.97 Å². The number of nitrogens with one attached hydrogen (secondary N) is 2. The van der Waals surface area contributed by atoms with Crippen molar-refractivity contribution in [3.8, 4) is 11.5 Å². The molecule has 8 heteroatoms. The Morgan fingerprint density at radius 1 is 0.829 bits per heavy atom. The van der Waals surface area contributed by atoms with Gasteiger partial charge in [0.25, 0.3) is 5.91 Å². The van der Waals surface area contributed by atoms with E-state index in [4.69, 9.17) is 21.1 Å². The van der Waals surface area contributed by atoms with Gasteiger partial charge in [-0.3, -0.25) is 14.4 Å². The van der Waals surface area contributed by atoms with Gasteiger partial charge in [-0.05, 0) is 67.4 Å². The Morgan fingerprint density at radius 2 is 1.46 bits per heavy atom. The molecule has 1 atom stereocenters. The van der Waals surface area contributed by atoms with Gasteiger partial charge in [-0.15, -0.1) is 0 Å². The van der Waals surface area contributed by atoms with Crippen LogP contribution in [0.5, 0.6) is 11.5 Å². The number of anilines is 1. The minimum atomic E-state index is -0.524. The Morgan fingerprint density at radius 3 is 2.11 bits per heavy atom. The van der Waals surface area contributed by atoms with Gasteiger partial charge in [0.15, 0.2) is 6.61 Å². The summed E-state index contributed by atoms with van der Waals surface area (Å²) in [6, 6.07) is 23.2. The van der Waals surface area contributed by atoms with Crippen LogP contribution in [0.15, 0.2) is 78.9 Å². The summed E-state index contributed by atoms with van der Waals surface area (Å²) in [7, 11) is 0. The predicted octanol–water partition coefficient (Wildman–Crippen LogP) is 5.66. The second kappa shape index (κ2) is 13.2. The lowest BCUT2D eigenvalue weighted by Crippen LogP contribution is -2.31. The first-order valence-electron chi connectivity index (χ1n) is 11.2. The first-order valence-corrected chi connectivity index (χ1v) is 11.6. The van der Waals surface area contributed by atoms with Crippen LogP contribution in [-0.2, 0) is 19.1 Å². The summed E-state index contributed by atoms with van der Waals surface area (Å²) in [5.74, 6) is 0.148. The summed E-state index contributed by atoms with van der Waals surface area (Å²) in [4.78, 5) is 36.0. The van der Waals surface area contributed by atoms with E-state index in [0.29, 0.717) is 28.6 Å². The molecule has 0 unspecified atom stereocenters. The third-order valence-electron chi connectivity index (χ3n) is 5.01. The first kappa shape index (κ1) is 25.8. The van der Waals surface area contributed by atoms with Crippen molar-refractivity contribution in [1.29, 1.82) is 0 Å². The lowest BCUT2D eigenvalue weighted by atomic mass is 10.1. The number of benzene rings is 3. The van der Waals surface area contributed by atoms with Crippen LogP contribution >= 0.6 is 11.6 Å². The quantitative estimate of drug-likeness (QED) is 0.335. The maximum atomic E-state index is 12.2. The van der Waals surface area contributed by atoms with Crippen molar-refractivity contribution in [3.63, 3.8) is 0 Å². The minimum absolute atomic E-state index is 0.0445. The van der Waals surface area contributed by atoms with Crippen molar-refractivity contribution < 1.29 is 23.9 Å². The fourth-order valence-electron chi connectivity index (χ4n) is 3.19. The standard InChI is InChI=1S/C27H27ClN2O5/c1-19(20-6-3-2-4-7-20)29-26(32)18-34-27(33)9-5-8-25(31)30-22-12-16-24(17-13-22)35-23-14-10-21(28)11-15-23/h2-4,6-7,10-17,19H,5,8-9,18H2,1H3,(H,29,32)(H,30,31)/t19-/m1/s1. The largest absolute Gasteiger partial charge is 0.457 e. The van der Waals surface area contributed by atoms with Crippen molar-refractivity contribution in [2.75, 3.05) is 11.9 Å². The van der Waals surface area contributed by atoms with Crippen molar-refractivity contribution in [2.24, 2.45) is 0 Å². The number of hydrogen-bond acceptors (Lipinski definition) is 5. The highest BCUT2D eigenvalue weighted by atomic mass is 35.5. The number of esters is 1. The molecule has 0 spiro atoms. The van der Waals surface area contributed by atoms with Crippen LogP contribution < -0.4 is 15.4 Å². The average molecular weight is 495 g/mol. The molecule has 0 saturated heterocycles. The number of carbonyl (C=O) groups excluding carboxylic acids is 3. The molecule has 182 valence electrons. The Labute approximate surface area is 209 Å². The molecule has 0 aromatic heterocycles. The molecule has 3 aromatic carbocycles. The van der Waals surface area contributed by atoms with E-state index in [9.17, 15) is 14.4 Å². The summed E-state index contributed by atoms with van der Waals surface area (Å²) in [5, 5.41) is 6.18. The molecule has 7 nitrogen and oxygen atoms in total. The Kier molecular flexibility index (Phi) is 9.69. The molecule has 2 N–H and O–H groups in total. The van der Waals surface area contributed by atoms with Crippen LogP contribution in [0.25, 0.3) is 0 Å². The molecule has 0 aliphatic rings. The smallest absolute Gasteiger partial charge is 0.306 e. The fourth-order valence-corrected chi connectivity index (χ4v) is 3.31. The third-order valence-corrected chi connectivity index (χ3v) is 5.27. The molecule has 0 saturated carbocycles. The van der Waals surface area contributed by atoms with Crippen LogP contribution in [-0.4, -0.2) is 24.4 Å². The van der Waals surface area contributed by atoms with E-state index in [2.05, 4.69) is 10.6 Å². The fraction of sp³-hybridized carbons (Fsp3) is 0.222. The Bertz CT molecular complexity index is 1120. The van der Waals surface area contributed by atoms with E-state index in [0.717, 1.165) is 5.56 Å². The molecule has 35 heavy (non-hydrogen) atoms. The van der Waals surface area contributed by atoms with E-state index in [1.807, 2.05) is 37.3 Å². The highest BCUT2D eigenvalue weighted by molar-refractivity contribution is 6.30. The molecule has 0 aliphatic carbocycles. The van der Waals surface area contributed by atoms with Gasteiger partial charge < -0.3 is 20.1 Å². The summed E-state index contributed by atoms with van der Waals surface area (Å²) in [6.45, 7) is 1.50. The molecular weight excluding hydrogens is 468 g/mol. The van der Waals surface area contributed by atoms with Gasteiger partial charge in [0, 0.05) is 23.6 Å². The molecular formula is C27H27ClN2O5. The molecule has 3 rings (SSSR count). The zero-order valence-corrected chi connectivity index (χ0v) is 20.1. The second-order valence-electron chi connectivity index (χ2n) is 7.84. The molecule has 2 amide bonds. The van der Waals surface area contributed by atoms with E-state index in [1.54, 1.807) is 48.5 Å². The van der Waals surface area contributed by atoms with Gasteiger partial charge in [-0.2, -0.15) is 0 Å². The monoisotopic (exact) mass is 494 g/mol. The van der Waals surface area contributed by atoms with Crippen molar-refractivity contribution >= 4 is 35.1 Å². The third kappa shape index (κ3) is 9.14. The molecule has 3 aromatic rings. The van der Waals surface area contributed by atoms with E-state index in [1.165, 1.54) is 0 Å². The number of rotatable bonds is 11. The summed E-state index contributed by atoms with van der Waals surface area (Å²) in [5.41, 5.74) is 1.58. The number of carbonyl (C=O) groups is 3. The first-order chi connectivity index (χ1) is 16.9. The van der Waals surface area contributed by atoms with Gasteiger partial charge in [0.1, 0.15) is 11.5 Å². The molecule has 0 fully saturated rings. The Balaban J connectivity index is 1.31. The molecule has 0 heterocycles. The zero-order chi connectivity index (χ0) is 25.0. The minimum Gasteiger partial charge on any atom is -0.457 e. The van der Waals surface area contributed by atoms with Gasteiger partial charge in [-0.25, -0.2) is 0 Å². The summed E-state index contributed by atoms with van der Waals surface area (Å²) in [6.07, 6.45) is 0.503. The topological polar surface area (TPSA) is 93.7 Å². The maximum absolute atomic E-state index is 12.2. The van der Waals surface area contributed by atoms with Crippen molar-refractivity contribution in [2.45, 2.75) is 32.2 Å². The number of amides is 2. The highest BCUT2D eigenvalue weighted by Crippen LogP contribution is 2.24. The van der Waals surface area contributed by atoms with E-state index >= 15 is 0 Å². The van der Waals surface area contributed by atoms with E-state index < -0.39 is 5.97 Å².